The lowest BCUT2D eigenvalue weighted by Crippen LogP contribution is -2.10. The standard InChI is InChI=1S/C28H21F2N5O2S/c1-35-13-10-19-24(35)5-2-6-25(19)38(36,37)15-17-7-8-21(29)20(26(17)30)14-23-18(4-3-11-31-23)27-28-22(9-12-32-28)33-16-34-27/h2-8,10-13,16H,9,14-15H2,1H3. The number of fused-ring (bicyclic) bond motifs is 2. The van der Waals surface area contributed by atoms with Gasteiger partial charge in [-0.15, -0.1) is 0 Å². The van der Waals surface area contributed by atoms with Gasteiger partial charge in [-0.25, -0.2) is 27.2 Å². The number of aryl methyl sites for hydroxylation is 1. The minimum atomic E-state index is -3.93. The zero-order valence-corrected chi connectivity index (χ0v) is 21.1. The molecular weight excluding hydrogens is 508 g/mol. The molecule has 6 rings (SSSR count). The average molecular weight is 530 g/mol. The fraction of sp³-hybridized carbons (Fsp3) is 0.143. The maximum atomic E-state index is 15.8. The Balaban J connectivity index is 1.38. The molecule has 0 spiro atoms. The summed E-state index contributed by atoms with van der Waals surface area (Å²) in [6.07, 6.45) is 6.85. The van der Waals surface area contributed by atoms with Gasteiger partial charge >= 0.3 is 0 Å². The molecule has 4 heterocycles. The Bertz CT molecular complexity index is 1870. The predicted octanol–water partition coefficient (Wildman–Crippen LogP) is 5.13. The summed E-state index contributed by atoms with van der Waals surface area (Å²) in [5.41, 5.74) is 3.25. The third kappa shape index (κ3) is 4.06. The van der Waals surface area contributed by atoms with E-state index in [0.717, 1.165) is 17.3 Å². The lowest BCUT2D eigenvalue weighted by molar-refractivity contribution is 0.550. The van der Waals surface area contributed by atoms with E-state index >= 15 is 4.39 Å². The van der Waals surface area contributed by atoms with Crippen molar-refractivity contribution in [2.75, 3.05) is 0 Å². The number of nitrogens with zero attached hydrogens (tertiary/aromatic N) is 5. The fourth-order valence-electron chi connectivity index (χ4n) is 4.83. The van der Waals surface area contributed by atoms with Gasteiger partial charge in [-0.2, -0.15) is 0 Å². The second-order valence-corrected chi connectivity index (χ2v) is 11.0. The van der Waals surface area contributed by atoms with Crippen molar-refractivity contribution in [2.24, 2.45) is 12.0 Å². The Kier molecular flexibility index (Phi) is 5.83. The third-order valence-electron chi connectivity index (χ3n) is 6.73. The largest absolute Gasteiger partial charge is 0.351 e. The smallest absolute Gasteiger partial charge is 0.183 e. The van der Waals surface area contributed by atoms with Gasteiger partial charge in [0.15, 0.2) is 9.84 Å². The van der Waals surface area contributed by atoms with Crippen LogP contribution in [-0.4, -0.2) is 34.2 Å². The molecular formula is C28H21F2N5O2S. The molecule has 0 saturated heterocycles. The lowest BCUT2D eigenvalue weighted by Gasteiger charge is -2.13. The van der Waals surface area contributed by atoms with Crippen LogP contribution in [0.3, 0.4) is 0 Å². The first-order valence-corrected chi connectivity index (χ1v) is 13.5. The highest BCUT2D eigenvalue weighted by Gasteiger charge is 2.25. The van der Waals surface area contributed by atoms with Crippen LogP contribution in [0.5, 0.6) is 0 Å². The van der Waals surface area contributed by atoms with E-state index < -0.39 is 27.2 Å². The molecule has 190 valence electrons. The van der Waals surface area contributed by atoms with E-state index in [4.69, 9.17) is 0 Å². The maximum absolute atomic E-state index is 15.8. The molecule has 2 aromatic carbocycles. The first kappa shape index (κ1) is 24.1. The van der Waals surface area contributed by atoms with Gasteiger partial charge in [0.05, 0.1) is 22.0 Å². The van der Waals surface area contributed by atoms with E-state index in [0.29, 0.717) is 34.4 Å². The summed E-state index contributed by atoms with van der Waals surface area (Å²) in [7, 11) is -2.12. The van der Waals surface area contributed by atoms with Gasteiger partial charge in [0.1, 0.15) is 29.3 Å². The fourth-order valence-corrected chi connectivity index (χ4v) is 6.41. The lowest BCUT2D eigenvalue weighted by atomic mass is 9.99. The van der Waals surface area contributed by atoms with Gasteiger partial charge in [0.2, 0.25) is 0 Å². The number of pyridine rings is 1. The highest BCUT2D eigenvalue weighted by Crippen LogP contribution is 2.35. The van der Waals surface area contributed by atoms with E-state index in [-0.39, 0.29) is 22.4 Å². The molecule has 3 aromatic heterocycles. The van der Waals surface area contributed by atoms with Crippen LogP contribution in [0.1, 0.15) is 22.5 Å². The third-order valence-corrected chi connectivity index (χ3v) is 8.44. The number of aliphatic imine (C=N–C) groups is 1. The van der Waals surface area contributed by atoms with Crippen molar-refractivity contribution >= 4 is 32.6 Å². The van der Waals surface area contributed by atoms with Crippen LogP contribution in [0, 0.1) is 11.6 Å². The molecule has 5 aromatic rings. The Labute approximate surface area is 217 Å². The zero-order valence-electron chi connectivity index (χ0n) is 20.3. The quantitative estimate of drug-likeness (QED) is 0.304. The van der Waals surface area contributed by atoms with Crippen molar-refractivity contribution in [2.45, 2.75) is 23.5 Å². The maximum Gasteiger partial charge on any atom is 0.183 e. The van der Waals surface area contributed by atoms with E-state index in [2.05, 4.69) is 19.9 Å². The number of rotatable bonds is 6. The second kappa shape index (κ2) is 9.21. The van der Waals surface area contributed by atoms with Crippen LogP contribution >= 0.6 is 0 Å². The van der Waals surface area contributed by atoms with Gasteiger partial charge in [-0.3, -0.25) is 9.98 Å². The van der Waals surface area contributed by atoms with Crippen molar-refractivity contribution in [3.05, 3.63) is 101 Å². The number of halogens is 2. The zero-order chi connectivity index (χ0) is 26.4. The van der Waals surface area contributed by atoms with Crippen LogP contribution in [-0.2, 0) is 35.5 Å². The van der Waals surface area contributed by atoms with E-state index in [1.54, 1.807) is 36.7 Å². The normalized spacial score (nSPS) is 12.8. The number of aromatic nitrogens is 4. The minimum absolute atomic E-state index is 0.103. The van der Waals surface area contributed by atoms with Crippen LogP contribution in [0.15, 0.2) is 77.1 Å². The van der Waals surface area contributed by atoms with Crippen molar-refractivity contribution in [1.82, 2.24) is 19.5 Å². The highest BCUT2D eigenvalue weighted by molar-refractivity contribution is 7.90. The van der Waals surface area contributed by atoms with Crippen LogP contribution in [0.25, 0.3) is 22.2 Å². The predicted molar refractivity (Wildman–Crippen MR) is 140 cm³/mol. The van der Waals surface area contributed by atoms with Gasteiger partial charge in [-0.1, -0.05) is 12.1 Å². The van der Waals surface area contributed by atoms with Crippen LogP contribution in [0.2, 0.25) is 0 Å². The molecule has 7 nitrogen and oxygen atoms in total. The Hall–Kier alpha value is -4.31. The first-order chi connectivity index (χ1) is 18.3. The van der Waals surface area contributed by atoms with Crippen molar-refractivity contribution < 1.29 is 17.2 Å². The Morgan fingerprint density at radius 3 is 2.74 bits per heavy atom. The Morgan fingerprint density at radius 1 is 1.00 bits per heavy atom. The monoisotopic (exact) mass is 529 g/mol. The molecule has 0 N–H and O–H groups in total. The second-order valence-electron chi connectivity index (χ2n) is 9.08. The summed E-state index contributed by atoms with van der Waals surface area (Å²) < 4.78 is 59.3. The molecule has 0 bridgehead atoms. The molecule has 0 amide bonds. The number of sulfone groups is 1. The van der Waals surface area contributed by atoms with Gasteiger partial charge < -0.3 is 4.57 Å². The summed E-state index contributed by atoms with van der Waals surface area (Å²) in [6.45, 7) is 0. The minimum Gasteiger partial charge on any atom is -0.351 e. The summed E-state index contributed by atoms with van der Waals surface area (Å²) in [5, 5.41) is 0.552. The van der Waals surface area contributed by atoms with E-state index in [9.17, 15) is 12.8 Å². The molecule has 1 aliphatic rings. The Morgan fingerprint density at radius 2 is 1.87 bits per heavy atom. The molecule has 0 atom stereocenters. The van der Waals surface area contributed by atoms with Crippen molar-refractivity contribution in [3.63, 3.8) is 0 Å². The molecule has 0 aliphatic carbocycles. The molecule has 10 heteroatoms. The van der Waals surface area contributed by atoms with Gasteiger partial charge in [0, 0.05) is 66.1 Å². The molecule has 0 unspecified atom stereocenters. The van der Waals surface area contributed by atoms with Crippen LogP contribution in [0.4, 0.5) is 14.5 Å². The average Bonchev–Trinajstić information content (AvgIpc) is 3.55. The molecule has 1 aliphatic heterocycles. The number of hydrogen-bond acceptors (Lipinski definition) is 6. The molecule has 0 radical (unpaired) electrons. The summed E-state index contributed by atoms with van der Waals surface area (Å²) in [4.78, 5) is 17.5. The van der Waals surface area contributed by atoms with Crippen molar-refractivity contribution in [3.8, 4) is 11.3 Å². The summed E-state index contributed by atoms with van der Waals surface area (Å²) in [6, 6.07) is 12.4. The molecule has 0 saturated carbocycles. The van der Waals surface area contributed by atoms with Gasteiger partial charge in [-0.05, 0) is 36.4 Å². The summed E-state index contributed by atoms with van der Waals surface area (Å²) >= 11 is 0. The SMILES string of the molecule is Cn1ccc2c(S(=O)(=O)Cc3ccc(F)c(Cc4ncccc4-c4ncnc5c4N=CC5)c3F)cccc21. The van der Waals surface area contributed by atoms with Crippen molar-refractivity contribution in [1.29, 1.82) is 0 Å². The summed E-state index contributed by atoms with van der Waals surface area (Å²) in [5.74, 6) is -2.30. The van der Waals surface area contributed by atoms with Crippen LogP contribution < -0.4 is 0 Å². The first-order valence-electron chi connectivity index (χ1n) is 11.9. The highest BCUT2D eigenvalue weighted by atomic mass is 32.2. The van der Waals surface area contributed by atoms with E-state index in [1.165, 1.54) is 24.7 Å². The number of hydrogen-bond donors (Lipinski definition) is 0. The number of benzene rings is 2. The molecule has 38 heavy (non-hydrogen) atoms. The van der Waals surface area contributed by atoms with E-state index in [1.807, 2.05) is 17.7 Å². The topological polar surface area (TPSA) is 90.1 Å². The van der Waals surface area contributed by atoms with Gasteiger partial charge in [0.25, 0.3) is 0 Å². The molecule has 0 fully saturated rings.